The molecular weight excluding hydrogens is 474 g/mol. The van der Waals surface area contributed by atoms with Gasteiger partial charge in [-0.1, -0.05) is 23.2 Å². The minimum absolute atomic E-state index is 0. The number of rotatable bonds is 5. The van der Waals surface area contributed by atoms with Crippen LogP contribution in [-0.4, -0.2) is 32.5 Å². The Morgan fingerprint density at radius 3 is 2.75 bits per heavy atom. The van der Waals surface area contributed by atoms with E-state index in [1.807, 2.05) is 29.3 Å². The van der Waals surface area contributed by atoms with Gasteiger partial charge < -0.3 is 10.7 Å². The summed E-state index contributed by atoms with van der Waals surface area (Å²) in [6.45, 7) is 2.31. The number of nitrogens with zero attached hydrogens (tertiary/aromatic N) is 4. The minimum Gasteiger partial charge on any atom is -0.321 e. The Balaban J connectivity index is 0.00000245. The first kappa shape index (κ1) is 22.9. The second-order valence-electron chi connectivity index (χ2n) is 7.66. The first-order chi connectivity index (χ1) is 15.1. The molecule has 4 aromatic rings. The second kappa shape index (κ2) is 9.67. The standard InChI is InChI=1S/C22H21Cl2FN6.ClH/c23-18-1-2-19(25)22(24)17(18)12-29-30-8-5-20-21(30)9-14(10-27-20)15-11-28-31(13-15)16-3-6-26-7-4-16;/h1-2,5,8-11,13,16,26,29H,3-4,6-7,12H2;1H. The fourth-order valence-corrected chi connectivity index (χ4v) is 4.46. The molecule has 0 atom stereocenters. The molecule has 3 aromatic heterocycles. The molecule has 0 spiro atoms. The summed E-state index contributed by atoms with van der Waals surface area (Å²) >= 11 is 12.3. The van der Waals surface area contributed by atoms with Crippen molar-refractivity contribution in [1.82, 2.24) is 24.8 Å². The van der Waals surface area contributed by atoms with Gasteiger partial charge in [0, 0.05) is 40.3 Å². The van der Waals surface area contributed by atoms with E-state index in [1.54, 1.807) is 0 Å². The maximum Gasteiger partial charge on any atom is 0.142 e. The van der Waals surface area contributed by atoms with E-state index in [1.165, 1.54) is 12.1 Å². The molecule has 32 heavy (non-hydrogen) atoms. The Kier molecular flexibility index (Phi) is 6.90. The molecule has 1 aliphatic rings. The molecule has 0 aliphatic carbocycles. The molecule has 1 fully saturated rings. The average Bonchev–Trinajstić information content (AvgIpc) is 3.44. The Morgan fingerprint density at radius 1 is 1.12 bits per heavy atom. The highest BCUT2D eigenvalue weighted by Gasteiger charge is 2.17. The zero-order valence-corrected chi connectivity index (χ0v) is 19.4. The third kappa shape index (κ3) is 4.43. The zero-order valence-electron chi connectivity index (χ0n) is 17.1. The summed E-state index contributed by atoms with van der Waals surface area (Å²) in [5, 5.41) is 8.41. The highest BCUT2D eigenvalue weighted by atomic mass is 35.5. The predicted octanol–water partition coefficient (Wildman–Crippen LogP) is 5.44. The molecule has 168 valence electrons. The molecule has 6 nitrogen and oxygen atoms in total. The molecule has 0 amide bonds. The lowest BCUT2D eigenvalue weighted by atomic mass is 10.1. The summed E-state index contributed by atoms with van der Waals surface area (Å²) in [5.74, 6) is -0.491. The average molecular weight is 496 g/mol. The van der Waals surface area contributed by atoms with Crippen LogP contribution in [-0.2, 0) is 6.54 Å². The van der Waals surface area contributed by atoms with Crippen LogP contribution in [0.4, 0.5) is 4.39 Å². The predicted molar refractivity (Wildman–Crippen MR) is 129 cm³/mol. The van der Waals surface area contributed by atoms with Gasteiger partial charge in [-0.25, -0.2) is 4.39 Å². The van der Waals surface area contributed by atoms with Gasteiger partial charge in [0.15, 0.2) is 0 Å². The summed E-state index contributed by atoms with van der Waals surface area (Å²) in [6, 6.07) is 7.18. The van der Waals surface area contributed by atoms with Crippen molar-refractivity contribution in [2.75, 3.05) is 18.5 Å². The topological polar surface area (TPSA) is 59.7 Å². The molecule has 2 N–H and O–H groups in total. The largest absolute Gasteiger partial charge is 0.321 e. The quantitative estimate of drug-likeness (QED) is 0.362. The summed E-state index contributed by atoms with van der Waals surface area (Å²) in [5.41, 5.74) is 7.51. The molecule has 1 aliphatic heterocycles. The molecule has 0 radical (unpaired) electrons. The van der Waals surface area contributed by atoms with Crippen molar-refractivity contribution < 1.29 is 4.39 Å². The van der Waals surface area contributed by atoms with Crippen LogP contribution in [0.5, 0.6) is 0 Å². The maximum atomic E-state index is 13.8. The summed E-state index contributed by atoms with van der Waals surface area (Å²) in [7, 11) is 0. The molecule has 0 bridgehead atoms. The van der Waals surface area contributed by atoms with Gasteiger partial charge in [-0.05, 0) is 50.2 Å². The van der Waals surface area contributed by atoms with Crippen LogP contribution in [0.2, 0.25) is 10.0 Å². The van der Waals surface area contributed by atoms with Crippen LogP contribution in [0, 0.1) is 5.82 Å². The minimum atomic E-state index is -0.491. The number of piperidine rings is 1. The molecule has 0 saturated carbocycles. The van der Waals surface area contributed by atoms with Crippen LogP contribution in [0.25, 0.3) is 22.2 Å². The van der Waals surface area contributed by atoms with Gasteiger partial charge in [0.05, 0.1) is 34.8 Å². The molecule has 1 saturated heterocycles. The van der Waals surface area contributed by atoms with Gasteiger partial charge in [0.1, 0.15) is 5.82 Å². The van der Waals surface area contributed by atoms with Crippen LogP contribution < -0.4 is 10.7 Å². The highest BCUT2D eigenvalue weighted by molar-refractivity contribution is 6.36. The van der Waals surface area contributed by atoms with E-state index in [4.69, 9.17) is 23.2 Å². The molecule has 0 unspecified atom stereocenters. The lowest BCUT2D eigenvalue weighted by molar-refractivity contribution is 0.343. The van der Waals surface area contributed by atoms with Crippen molar-refractivity contribution in [2.24, 2.45) is 0 Å². The number of fused-ring (bicyclic) bond motifs is 1. The Morgan fingerprint density at radius 2 is 1.94 bits per heavy atom. The fraction of sp³-hybridized carbons (Fsp3) is 0.273. The van der Waals surface area contributed by atoms with E-state index in [-0.39, 0.29) is 24.0 Å². The van der Waals surface area contributed by atoms with E-state index in [2.05, 4.69) is 37.8 Å². The summed E-state index contributed by atoms with van der Waals surface area (Å²) in [6.07, 6.45) is 9.87. The summed E-state index contributed by atoms with van der Waals surface area (Å²) in [4.78, 5) is 4.58. The Bertz CT molecular complexity index is 1230. The van der Waals surface area contributed by atoms with E-state index >= 15 is 0 Å². The monoisotopic (exact) mass is 494 g/mol. The van der Waals surface area contributed by atoms with Crippen LogP contribution >= 0.6 is 35.6 Å². The number of halogens is 4. The molecule has 4 heterocycles. The van der Waals surface area contributed by atoms with E-state index < -0.39 is 5.82 Å². The fourth-order valence-electron chi connectivity index (χ4n) is 3.96. The van der Waals surface area contributed by atoms with E-state index in [9.17, 15) is 4.39 Å². The summed E-state index contributed by atoms with van der Waals surface area (Å²) < 4.78 is 17.7. The van der Waals surface area contributed by atoms with Crippen molar-refractivity contribution in [3.05, 3.63) is 70.5 Å². The van der Waals surface area contributed by atoms with Crippen LogP contribution in [0.1, 0.15) is 24.4 Å². The smallest absolute Gasteiger partial charge is 0.142 e. The van der Waals surface area contributed by atoms with Gasteiger partial charge in [0.2, 0.25) is 0 Å². The number of pyridine rings is 1. The molecule has 1 aromatic carbocycles. The van der Waals surface area contributed by atoms with Gasteiger partial charge in [-0.2, -0.15) is 5.10 Å². The zero-order chi connectivity index (χ0) is 21.4. The number of aromatic nitrogens is 4. The van der Waals surface area contributed by atoms with E-state index in [0.29, 0.717) is 16.6 Å². The molecular formula is C22H22Cl3FN6. The number of hydrogen-bond donors (Lipinski definition) is 2. The van der Waals surface area contributed by atoms with E-state index in [0.717, 1.165) is 48.1 Å². The van der Waals surface area contributed by atoms with Gasteiger partial charge >= 0.3 is 0 Å². The number of benzene rings is 1. The lowest BCUT2D eigenvalue weighted by Gasteiger charge is -2.22. The lowest BCUT2D eigenvalue weighted by Crippen LogP contribution is -2.29. The van der Waals surface area contributed by atoms with Crippen molar-refractivity contribution >= 4 is 46.6 Å². The number of nitrogens with one attached hydrogen (secondary N) is 2. The first-order valence-electron chi connectivity index (χ1n) is 10.2. The third-order valence-corrected chi connectivity index (χ3v) is 6.48. The van der Waals surface area contributed by atoms with Crippen molar-refractivity contribution in [1.29, 1.82) is 0 Å². The second-order valence-corrected chi connectivity index (χ2v) is 8.45. The van der Waals surface area contributed by atoms with Crippen molar-refractivity contribution in [3.8, 4) is 11.1 Å². The Labute approximate surface area is 201 Å². The Hall–Kier alpha value is -2.32. The van der Waals surface area contributed by atoms with Gasteiger partial charge in [-0.15, -0.1) is 12.4 Å². The first-order valence-corrected chi connectivity index (χ1v) is 10.9. The third-order valence-electron chi connectivity index (χ3n) is 5.72. The maximum absolute atomic E-state index is 13.8. The van der Waals surface area contributed by atoms with Crippen molar-refractivity contribution in [2.45, 2.75) is 25.4 Å². The van der Waals surface area contributed by atoms with Gasteiger partial charge in [-0.3, -0.25) is 14.3 Å². The normalized spacial score (nSPS) is 14.5. The highest BCUT2D eigenvalue weighted by Crippen LogP contribution is 2.28. The number of hydrogen-bond acceptors (Lipinski definition) is 4. The molecule has 5 rings (SSSR count). The van der Waals surface area contributed by atoms with Crippen LogP contribution in [0.15, 0.2) is 49.1 Å². The molecule has 10 heteroatoms. The van der Waals surface area contributed by atoms with Gasteiger partial charge in [0.25, 0.3) is 0 Å². The SMILES string of the molecule is Cl.Fc1ccc(Cl)c(CNn2ccc3ncc(-c4cnn(C5CCNCC5)c4)cc32)c1Cl. The van der Waals surface area contributed by atoms with Crippen molar-refractivity contribution in [3.63, 3.8) is 0 Å². The van der Waals surface area contributed by atoms with Crippen LogP contribution in [0.3, 0.4) is 0 Å².